The third-order valence-electron chi connectivity index (χ3n) is 5.57. The first-order valence-electron chi connectivity index (χ1n) is 10.3. The molecule has 1 fully saturated rings. The maximum Gasteiger partial charge on any atom is 0.330 e. The minimum absolute atomic E-state index is 0.155. The number of amides is 2. The van der Waals surface area contributed by atoms with Crippen molar-refractivity contribution in [2.45, 2.75) is 13.5 Å². The number of hydrogen-bond donors (Lipinski definition) is 2. The van der Waals surface area contributed by atoms with Gasteiger partial charge < -0.3 is 19.9 Å². The Labute approximate surface area is 181 Å². The molecule has 0 unspecified atom stereocenters. The molecule has 2 N–H and O–H groups in total. The summed E-state index contributed by atoms with van der Waals surface area (Å²) in [5.41, 5.74) is 3.03. The van der Waals surface area contributed by atoms with E-state index in [1.807, 2.05) is 48.2 Å². The van der Waals surface area contributed by atoms with Gasteiger partial charge in [0.15, 0.2) is 0 Å². The summed E-state index contributed by atoms with van der Waals surface area (Å²) in [4.78, 5) is 31.9. The lowest BCUT2D eigenvalue weighted by atomic mass is 10.2. The number of methoxy groups -OCH3 is 1. The monoisotopic (exact) mass is 421 g/mol. The van der Waals surface area contributed by atoms with Crippen LogP contribution in [-0.4, -0.2) is 58.7 Å². The molecular weight excluding hydrogens is 394 g/mol. The molecule has 0 spiro atoms. The van der Waals surface area contributed by atoms with E-state index in [0.717, 1.165) is 31.1 Å². The zero-order valence-electron chi connectivity index (χ0n) is 17.8. The first-order chi connectivity index (χ1) is 15.0. The van der Waals surface area contributed by atoms with Crippen molar-refractivity contribution in [3.05, 3.63) is 76.5 Å². The van der Waals surface area contributed by atoms with E-state index in [1.54, 1.807) is 17.9 Å². The number of urea groups is 1. The molecule has 8 nitrogen and oxygen atoms in total. The standard InChI is InChI=1S/C23H27N5O3/c1-17-15-24-22(29)28(17)21-6-4-3-5-20(21)25-23(30)27-13-11-26(12-14-27)16-18-7-9-19(31-2)10-8-18/h3-10,15H,11-14,16H2,1-2H3,(H,24,29)(H,25,30). The average Bonchev–Trinajstić information content (AvgIpc) is 3.13. The van der Waals surface area contributed by atoms with E-state index in [0.29, 0.717) is 24.5 Å². The van der Waals surface area contributed by atoms with Gasteiger partial charge in [-0.15, -0.1) is 0 Å². The number of nitrogens with zero attached hydrogens (tertiary/aromatic N) is 3. The van der Waals surface area contributed by atoms with Crippen LogP contribution in [0.3, 0.4) is 0 Å². The normalized spacial score (nSPS) is 14.5. The van der Waals surface area contributed by atoms with E-state index >= 15 is 0 Å². The molecule has 2 aromatic carbocycles. The van der Waals surface area contributed by atoms with Gasteiger partial charge in [-0.05, 0) is 36.8 Å². The fourth-order valence-corrected chi connectivity index (χ4v) is 3.82. The van der Waals surface area contributed by atoms with Crippen molar-refractivity contribution >= 4 is 11.7 Å². The average molecular weight is 422 g/mol. The van der Waals surface area contributed by atoms with Crippen molar-refractivity contribution in [3.63, 3.8) is 0 Å². The van der Waals surface area contributed by atoms with Crippen molar-refractivity contribution in [2.75, 3.05) is 38.6 Å². The summed E-state index contributed by atoms with van der Waals surface area (Å²) < 4.78 is 6.77. The minimum Gasteiger partial charge on any atom is -0.497 e. The number of ether oxygens (including phenoxy) is 1. The fraction of sp³-hybridized carbons (Fsp3) is 0.304. The van der Waals surface area contributed by atoms with Gasteiger partial charge in [-0.2, -0.15) is 0 Å². The van der Waals surface area contributed by atoms with Gasteiger partial charge in [0, 0.05) is 44.6 Å². The lowest BCUT2D eigenvalue weighted by molar-refractivity contribution is 0.143. The fourth-order valence-electron chi connectivity index (χ4n) is 3.82. The number of piperazine rings is 1. The third-order valence-corrected chi connectivity index (χ3v) is 5.57. The number of H-pyrrole nitrogens is 1. The number of aromatic nitrogens is 2. The van der Waals surface area contributed by atoms with Gasteiger partial charge in [0.25, 0.3) is 0 Å². The molecule has 3 aromatic rings. The lowest BCUT2D eigenvalue weighted by Crippen LogP contribution is -2.49. The van der Waals surface area contributed by atoms with Crippen molar-refractivity contribution in [3.8, 4) is 11.4 Å². The summed E-state index contributed by atoms with van der Waals surface area (Å²) >= 11 is 0. The van der Waals surface area contributed by atoms with Crippen molar-refractivity contribution in [2.24, 2.45) is 0 Å². The lowest BCUT2D eigenvalue weighted by Gasteiger charge is -2.34. The Bertz CT molecular complexity index is 1090. The van der Waals surface area contributed by atoms with Gasteiger partial charge in [0.1, 0.15) is 5.75 Å². The van der Waals surface area contributed by atoms with Crippen LogP contribution < -0.4 is 15.7 Å². The smallest absolute Gasteiger partial charge is 0.330 e. The Morgan fingerprint density at radius 2 is 1.77 bits per heavy atom. The third kappa shape index (κ3) is 4.64. The molecule has 2 heterocycles. The van der Waals surface area contributed by atoms with Gasteiger partial charge >= 0.3 is 11.7 Å². The molecular formula is C23H27N5O3. The summed E-state index contributed by atoms with van der Waals surface area (Å²) in [6, 6.07) is 15.2. The number of hydrogen-bond acceptors (Lipinski definition) is 4. The van der Waals surface area contributed by atoms with Crippen molar-refractivity contribution in [1.82, 2.24) is 19.4 Å². The highest BCUT2D eigenvalue weighted by Crippen LogP contribution is 2.21. The van der Waals surface area contributed by atoms with Crippen LogP contribution in [0.5, 0.6) is 5.75 Å². The van der Waals surface area contributed by atoms with Gasteiger partial charge in [-0.1, -0.05) is 24.3 Å². The SMILES string of the molecule is COc1ccc(CN2CCN(C(=O)Nc3ccccc3-n3c(C)c[nH]c3=O)CC2)cc1. The van der Waals surface area contributed by atoms with Crippen LogP contribution in [0, 0.1) is 6.92 Å². The predicted molar refractivity (Wildman–Crippen MR) is 120 cm³/mol. The Morgan fingerprint density at radius 3 is 2.42 bits per heavy atom. The molecule has 0 atom stereocenters. The summed E-state index contributed by atoms with van der Waals surface area (Å²) in [7, 11) is 1.66. The minimum atomic E-state index is -0.230. The van der Waals surface area contributed by atoms with Gasteiger partial charge in [-0.3, -0.25) is 9.47 Å². The van der Waals surface area contributed by atoms with Crippen LogP contribution >= 0.6 is 0 Å². The number of rotatable bonds is 5. The van der Waals surface area contributed by atoms with Crippen molar-refractivity contribution in [1.29, 1.82) is 0 Å². The molecule has 162 valence electrons. The highest BCUT2D eigenvalue weighted by molar-refractivity contribution is 5.91. The van der Waals surface area contributed by atoms with Crippen LogP contribution in [0.4, 0.5) is 10.5 Å². The zero-order chi connectivity index (χ0) is 21.8. The highest BCUT2D eigenvalue weighted by Gasteiger charge is 2.22. The Hall–Kier alpha value is -3.52. The quantitative estimate of drug-likeness (QED) is 0.664. The molecule has 1 aliphatic rings. The van der Waals surface area contributed by atoms with Gasteiger partial charge in [-0.25, -0.2) is 9.59 Å². The molecule has 1 aromatic heterocycles. The van der Waals surface area contributed by atoms with Crippen LogP contribution in [-0.2, 0) is 6.54 Å². The van der Waals surface area contributed by atoms with E-state index in [2.05, 4.69) is 27.3 Å². The molecule has 8 heteroatoms. The number of carbonyl (C=O) groups excluding carboxylic acids is 1. The maximum absolute atomic E-state index is 12.9. The largest absolute Gasteiger partial charge is 0.497 e. The second-order valence-corrected chi connectivity index (χ2v) is 7.63. The van der Waals surface area contributed by atoms with Crippen LogP contribution in [0.15, 0.2) is 59.5 Å². The number of nitrogens with one attached hydrogen (secondary N) is 2. The molecule has 1 saturated heterocycles. The summed E-state index contributed by atoms with van der Waals surface area (Å²) in [6.45, 7) is 5.59. The summed E-state index contributed by atoms with van der Waals surface area (Å²) in [5, 5.41) is 2.98. The Kier molecular flexibility index (Phi) is 6.08. The molecule has 2 amide bonds. The number of anilines is 1. The highest BCUT2D eigenvalue weighted by atomic mass is 16.5. The van der Waals surface area contributed by atoms with E-state index in [9.17, 15) is 9.59 Å². The van der Waals surface area contributed by atoms with E-state index < -0.39 is 0 Å². The number of aromatic amines is 1. The molecule has 4 rings (SSSR count). The summed E-state index contributed by atoms with van der Waals surface area (Å²) in [5.74, 6) is 0.850. The first kappa shape index (κ1) is 20.7. The molecule has 0 radical (unpaired) electrons. The van der Waals surface area contributed by atoms with E-state index in [1.165, 1.54) is 5.56 Å². The number of benzene rings is 2. The molecule has 0 aliphatic carbocycles. The number of aryl methyl sites for hydroxylation is 1. The molecule has 0 saturated carbocycles. The number of carbonyl (C=O) groups is 1. The van der Waals surface area contributed by atoms with Gasteiger partial charge in [0.05, 0.1) is 18.5 Å². The van der Waals surface area contributed by atoms with E-state index in [4.69, 9.17) is 4.74 Å². The maximum atomic E-state index is 12.9. The van der Waals surface area contributed by atoms with E-state index in [-0.39, 0.29) is 11.7 Å². The zero-order valence-corrected chi connectivity index (χ0v) is 17.8. The second kappa shape index (κ2) is 9.09. The molecule has 1 aliphatic heterocycles. The molecule has 31 heavy (non-hydrogen) atoms. The Balaban J connectivity index is 1.37. The topological polar surface area (TPSA) is 82.6 Å². The number of para-hydroxylation sites is 2. The second-order valence-electron chi connectivity index (χ2n) is 7.63. The predicted octanol–water partition coefficient (Wildman–Crippen LogP) is 2.83. The van der Waals surface area contributed by atoms with Crippen LogP contribution in [0.2, 0.25) is 0 Å². The Morgan fingerprint density at radius 1 is 1.06 bits per heavy atom. The first-order valence-corrected chi connectivity index (χ1v) is 10.3. The van der Waals surface area contributed by atoms with Crippen molar-refractivity contribution < 1.29 is 9.53 Å². The molecule has 0 bridgehead atoms. The number of imidazole rings is 1. The van der Waals surface area contributed by atoms with Crippen LogP contribution in [0.1, 0.15) is 11.3 Å². The summed E-state index contributed by atoms with van der Waals surface area (Å²) in [6.07, 6.45) is 1.66. The van der Waals surface area contributed by atoms with Gasteiger partial charge in [0.2, 0.25) is 0 Å². The van der Waals surface area contributed by atoms with Crippen LogP contribution in [0.25, 0.3) is 5.69 Å².